The molecule has 0 aliphatic rings. The molecule has 0 saturated carbocycles. The van der Waals surface area contributed by atoms with Crippen molar-refractivity contribution in [2.45, 2.75) is 6.42 Å². The summed E-state index contributed by atoms with van der Waals surface area (Å²) >= 11 is 0. The highest BCUT2D eigenvalue weighted by molar-refractivity contribution is 5.68. The van der Waals surface area contributed by atoms with Gasteiger partial charge in [-0.05, 0) is 12.0 Å². The molecule has 0 aliphatic carbocycles. The molecule has 0 radical (unpaired) electrons. The summed E-state index contributed by atoms with van der Waals surface area (Å²) in [5, 5.41) is 0. The molecule has 3 aromatic carbocycles. The second kappa shape index (κ2) is 8.06. The van der Waals surface area contributed by atoms with Gasteiger partial charge in [-0.15, -0.1) is 0 Å². The Balaban J connectivity index is 2.12. The van der Waals surface area contributed by atoms with Gasteiger partial charge < -0.3 is 0 Å². The van der Waals surface area contributed by atoms with Crippen LogP contribution in [0.25, 0.3) is 17.2 Å². The molecule has 0 N–H and O–H groups in total. The zero-order valence-electron chi connectivity index (χ0n) is 14.3. The molecule has 0 fully saturated rings. The summed E-state index contributed by atoms with van der Waals surface area (Å²) in [6.45, 7) is 0. The van der Waals surface area contributed by atoms with Crippen LogP contribution < -0.4 is 0 Å². The summed E-state index contributed by atoms with van der Waals surface area (Å²) in [6, 6.07) is 8.24. The second-order valence-corrected chi connectivity index (χ2v) is 5.97. The number of halogens is 8. The summed E-state index contributed by atoms with van der Waals surface area (Å²) in [5.74, 6) is -16.5. The SMILES string of the molecule is Fc1cc(F)c(F)c(-c2c(F)c(F)c(C/C=C/c3ccccc3)c(F)c2F)c1F. The van der Waals surface area contributed by atoms with Gasteiger partial charge in [0.15, 0.2) is 46.5 Å². The molecule has 0 spiro atoms. The lowest BCUT2D eigenvalue weighted by Gasteiger charge is -2.13. The summed E-state index contributed by atoms with van der Waals surface area (Å²) in [6.07, 6.45) is 2.06. The van der Waals surface area contributed by atoms with Crippen LogP contribution in [-0.2, 0) is 6.42 Å². The molecule has 0 atom stereocenters. The quantitative estimate of drug-likeness (QED) is 0.328. The minimum atomic E-state index is -2.18. The van der Waals surface area contributed by atoms with E-state index < -0.39 is 69.6 Å². The van der Waals surface area contributed by atoms with Crippen molar-refractivity contribution in [1.29, 1.82) is 0 Å². The van der Waals surface area contributed by atoms with Crippen LogP contribution in [0.2, 0.25) is 0 Å². The van der Waals surface area contributed by atoms with E-state index in [4.69, 9.17) is 0 Å². The van der Waals surface area contributed by atoms with Crippen LogP contribution in [0.15, 0.2) is 42.5 Å². The molecule has 0 aliphatic heterocycles. The Bertz CT molecular complexity index is 1050. The summed E-state index contributed by atoms with van der Waals surface area (Å²) in [5.41, 5.74) is -4.15. The Labute approximate surface area is 159 Å². The molecule has 0 unspecified atom stereocenters. The van der Waals surface area contributed by atoms with E-state index in [9.17, 15) is 35.1 Å². The first-order valence-electron chi connectivity index (χ1n) is 8.13. The van der Waals surface area contributed by atoms with E-state index in [2.05, 4.69) is 0 Å². The third kappa shape index (κ3) is 3.74. The van der Waals surface area contributed by atoms with Gasteiger partial charge in [-0.3, -0.25) is 0 Å². The maximum atomic E-state index is 14.4. The molecular weight excluding hydrogens is 404 g/mol. The van der Waals surface area contributed by atoms with Gasteiger partial charge in [-0.25, -0.2) is 35.1 Å². The zero-order chi connectivity index (χ0) is 21.3. The minimum absolute atomic E-state index is 0.195. The predicted molar refractivity (Wildman–Crippen MR) is 90.7 cm³/mol. The molecule has 0 nitrogen and oxygen atoms in total. The normalized spacial score (nSPS) is 11.4. The molecule has 3 aromatic rings. The van der Waals surface area contributed by atoms with E-state index in [-0.39, 0.29) is 6.07 Å². The van der Waals surface area contributed by atoms with Crippen LogP contribution >= 0.6 is 0 Å². The maximum absolute atomic E-state index is 14.4. The van der Waals surface area contributed by atoms with Gasteiger partial charge in [0.25, 0.3) is 0 Å². The fraction of sp³-hybridized carbons (Fsp3) is 0.0476. The molecular formula is C21H10F8. The predicted octanol–water partition coefficient (Wildman–Crippen LogP) is 6.72. The minimum Gasteiger partial charge on any atom is -0.204 e. The van der Waals surface area contributed by atoms with Crippen LogP contribution in [0.3, 0.4) is 0 Å². The number of rotatable bonds is 4. The largest absolute Gasteiger partial charge is 0.204 e. The Morgan fingerprint density at radius 1 is 0.586 bits per heavy atom. The van der Waals surface area contributed by atoms with Gasteiger partial charge in [0.1, 0.15) is 0 Å². The van der Waals surface area contributed by atoms with Crippen LogP contribution in [-0.4, -0.2) is 0 Å². The van der Waals surface area contributed by atoms with Gasteiger partial charge in [0.05, 0.1) is 11.1 Å². The Morgan fingerprint density at radius 3 is 1.59 bits per heavy atom. The van der Waals surface area contributed by atoms with E-state index in [0.29, 0.717) is 5.56 Å². The third-order valence-corrected chi connectivity index (χ3v) is 4.15. The van der Waals surface area contributed by atoms with Gasteiger partial charge in [0.2, 0.25) is 0 Å². The van der Waals surface area contributed by atoms with Crippen molar-refractivity contribution in [3.05, 3.63) is 100 Å². The molecule has 150 valence electrons. The van der Waals surface area contributed by atoms with Crippen LogP contribution in [0.5, 0.6) is 0 Å². The highest BCUT2D eigenvalue weighted by Crippen LogP contribution is 2.37. The van der Waals surface area contributed by atoms with E-state index >= 15 is 0 Å². The van der Waals surface area contributed by atoms with Gasteiger partial charge in [-0.1, -0.05) is 42.5 Å². The molecule has 29 heavy (non-hydrogen) atoms. The number of hydrogen-bond acceptors (Lipinski definition) is 0. The van der Waals surface area contributed by atoms with Crippen LogP contribution in [0.1, 0.15) is 11.1 Å². The lowest BCUT2D eigenvalue weighted by molar-refractivity contribution is 0.435. The first kappa shape index (κ1) is 20.6. The Kier molecular flexibility index (Phi) is 5.72. The molecule has 0 amide bonds. The first-order chi connectivity index (χ1) is 13.7. The number of allylic oxidation sites excluding steroid dienone is 1. The molecule has 0 saturated heterocycles. The molecule has 0 heterocycles. The highest BCUT2D eigenvalue weighted by Gasteiger charge is 2.31. The van der Waals surface area contributed by atoms with Crippen molar-refractivity contribution < 1.29 is 35.1 Å². The topological polar surface area (TPSA) is 0 Å². The van der Waals surface area contributed by atoms with E-state index in [1.807, 2.05) is 0 Å². The third-order valence-electron chi connectivity index (χ3n) is 4.15. The van der Waals surface area contributed by atoms with Crippen LogP contribution in [0, 0.1) is 46.5 Å². The Hall–Kier alpha value is -3.16. The van der Waals surface area contributed by atoms with Gasteiger partial charge in [-0.2, -0.15) is 0 Å². The van der Waals surface area contributed by atoms with Crippen molar-refractivity contribution in [1.82, 2.24) is 0 Å². The number of hydrogen-bond donors (Lipinski definition) is 0. The fourth-order valence-corrected chi connectivity index (χ4v) is 2.75. The lowest BCUT2D eigenvalue weighted by Crippen LogP contribution is -2.09. The van der Waals surface area contributed by atoms with E-state index in [1.165, 1.54) is 12.2 Å². The summed E-state index contributed by atoms with van der Waals surface area (Å²) in [4.78, 5) is 0. The van der Waals surface area contributed by atoms with E-state index in [0.717, 1.165) is 0 Å². The second-order valence-electron chi connectivity index (χ2n) is 5.97. The summed E-state index contributed by atoms with van der Waals surface area (Å²) in [7, 11) is 0. The van der Waals surface area contributed by atoms with Crippen molar-refractivity contribution in [3.63, 3.8) is 0 Å². The van der Waals surface area contributed by atoms with Crippen molar-refractivity contribution >= 4 is 6.08 Å². The summed E-state index contributed by atoms with van der Waals surface area (Å²) < 4.78 is 112. The average molecular weight is 414 g/mol. The van der Waals surface area contributed by atoms with Gasteiger partial charge >= 0.3 is 0 Å². The fourth-order valence-electron chi connectivity index (χ4n) is 2.75. The first-order valence-corrected chi connectivity index (χ1v) is 8.13. The molecule has 3 rings (SSSR count). The zero-order valence-corrected chi connectivity index (χ0v) is 14.3. The van der Waals surface area contributed by atoms with Gasteiger partial charge in [0, 0.05) is 11.6 Å². The Morgan fingerprint density at radius 2 is 1.07 bits per heavy atom. The maximum Gasteiger partial charge on any atom is 0.170 e. The molecule has 0 bridgehead atoms. The molecule has 0 aromatic heterocycles. The van der Waals surface area contributed by atoms with Crippen LogP contribution in [0.4, 0.5) is 35.1 Å². The number of benzene rings is 3. The van der Waals surface area contributed by atoms with E-state index in [1.54, 1.807) is 30.3 Å². The van der Waals surface area contributed by atoms with Crippen molar-refractivity contribution in [2.24, 2.45) is 0 Å². The standard InChI is InChI=1S/C21H10F8/c22-12-9-13(23)19(27)14(18(12)26)15-20(28)16(24)11(17(25)21(15)29)8-4-7-10-5-2-1-3-6-10/h1-7,9H,8H2/b7-4+. The highest BCUT2D eigenvalue weighted by atomic mass is 19.2. The monoisotopic (exact) mass is 414 g/mol. The smallest absolute Gasteiger partial charge is 0.170 e. The molecule has 8 heteroatoms. The average Bonchev–Trinajstić information content (AvgIpc) is 2.71. The lowest BCUT2D eigenvalue weighted by atomic mass is 9.98. The van der Waals surface area contributed by atoms with Crippen molar-refractivity contribution in [2.75, 3.05) is 0 Å². The van der Waals surface area contributed by atoms with Crippen molar-refractivity contribution in [3.8, 4) is 11.1 Å².